The van der Waals surface area contributed by atoms with Gasteiger partial charge in [-0.3, -0.25) is 4.79 Å². The molecule has 1 atom stereocenters. The van der Waals surface area contributed by atoms with Gasteiger partial charge in [-0.25, -0.2) is 9.97 Å². The second kappa shape index (κ2) is 6.29. The van der Waals surface area contributed by atoms with Gasteiger partial charge >= 0.3 is 0 Å². The van der Waals surface area contributed by atoms with Gasteiger partial charge in [-0.2, -0.15) is 0 Å². The first-order chi connectivity index (χ1) is 12.4. The van der Waals surface area contributed by atoms with Gasteiger partial charge in [0.1, 0.15) is 11.6 Å². The lowest BCUT2D eigenvalue weighted by Crippen LogP contribution is -2.26. The molecule has 26 heavy (non-hydrogen) atoms. The topological polar surface area (TPSA) is 85.8 Å². The van der Waals surface area contributed by atoms with Crippen LogP contribution in [0.4, 0.5) is 11.6 Å². The second-order valence-corrected chi connectivity index (χ2v) is 7.17. The quantitative estimate of drug-likeness (QED) is 0.682. The average molecular weight is 370 g/mol. The summed E-state index contributed by atoms with van der Waals surface area (Å²) in [4.78, 5) is 21.2. The van der Waals surface area contributed by atoms with Crippen molar-refractivity contribution >= 4 is 34.0 Å². The lowest BCUT2D eigenvalue weighted by atomic mass is 10.0. The average Bonchev–Trinajstić information content (AvgIpc) is 3.38. The molecule has 1 aromatic carbocycles. The van der Waals surface area contributed by atoms with E-state index in [4.69, 9.17) is 17.3 Å². The smallest absolute Gasteiger partial charge is 0.259 e. The molecular formula is C19H20ClN5O. The molecular weight excluding hydrogens is 350 g/mol. The van der Waals surface area contributed by atoms with E-state index in [-0.39, 0.29) is 22.9 Å². The molecule has 1 saturated carbocycles. The summed E-state index contributed by atoms with van der Waals surface area (Å²) in [5.74, 6) is 0.836. The Labute approximate surface area is 156 Å². The Morgan fingerprint density at radius 1 is 1.31 bits per heavy atom. The maximum absolute atomic E-state index is 13.2. The van der Waals surface area contributed by atoms with Crippen molar-refractivity contribution in [3.05, 3.63) is 57.2 Å². The monoisotopic (exact) mass is 369 g/mol. The first-order valence-electron chi connectivity index (χ1n) is 8.65. The van der Waals surface area contributed by atoms with Crippen LogP contribution in [0, 0.1) is 6.92 Å². The minimum atomic E-state index is -0.140. The molecule has 3 N–H and O–H groups in total. The van der Waals surface area contributed by atoms with E-state index in [1.807, 2.05) is 36.6 Å². The maximum Gasteiger partial charge on any atom is 0.259 e. The lowest BCUT2D eigenvalue weighted by molar-refractivity contribution is 0.635. The Balaban J connectivity index is 1.82. The highest BCUT2D eigenvalue weighted by molar-refractivity contribution is 6.28. The third kappa shape index (κ3) is 3.01. The fraction of sp³-hybridized carbons (Fsp3) is 0.316. The van der Waals surface area contributed by atoms with Crippen LogP contribution >= 0.6 is 11.6 Å². The number of fused-ring (bicyclic) bond motifs is 1. The molecule has 7 heteroatoms. The number of anilines is 2. The standard InChI is InChI=1S/C19H20ClN5O/c1-10-4-3-5-12-8-14(25(13-6-7-13)18(26)17(10)12)11(2)22-16-9-15(21)23-19(20)24-16/h3-5,8-9,11,13H,6-7H2,1-2H3,(H3,21,22,23,24). The Kier molecular flexibility index (Phi) is 4.07. The molecule has 1 unspecified atom stereocenters. The van der Waals surface area contributed by atoms with E-state index in [9.17, 15) is 4.79 Å². The highest BCUT2D eigenvalue weighted by Gasteiger charge is 2.29. The van der Waals surface area contributed by atoms with Crippen LogP contribution in [0.3, 0.4) is 0 Å². The van der Waals surface area contributed by atoms with Crippen molar-refractivity contribution in [2.24, 2.45) is 0 Å². The summed E-state index contributed by atoms with van der Waals surface area (Å²) < 4.78 is 1.93. The van der Waals surface area contributed by atoms with E-state index in [0.717, 1.165) is 34.9 Å². The SMILES string of the molecule is Cc1cccc2cc(C(C)Nc3cc(N)nc(Cl)n3)n(C3CC3)c(=O)c12. The zero-order valence-corrected chi connectivity index (χ0v) is 15.4. The lowest BCUT2D eigenvalue weighted by Gasteiger charge is -2.21. The van der Waals surface area contributed by atoms with Crippen LogP contribution in [0.1, 0.15) is 43.1 Å². The first-order valence-corrected chi connectivity index (χ1v) is 9.03. The fourth-order valence-corrected chi connectivity index (χ4v) is 3.61. The Morgan fingerprint density at radius 2 is 2.08 bits per heavy atom. The number of aromatic nitrogens is 3. The van der Waals surface area contributed by atoms with Crippen LogP contribution < -0.4 is 16.6 Å². The molecule has 0 saturated heterocycles. The molecule has 6 nitrogen and oxygen atoms in total. The van der Waals surface area contributed by atoms with E-state index in [1.165, 1.54) is 0 Å². The number of nitrogen functional groups attached to an aromatic ring is 1. The van der Waals surface area contributed by atoms with Crippen LogP contribution in [0.2, 0.25) is 5.28 Å². The number of nitrogens with two attached hydrogens (primary N) is 1. The van der Waals surface area contributed by atoms with E-state index in [2.05, 4.69) is 21.4 Å². The van der Waals surface area contributed by atoms with E-state index >= 15 is 0 Å². The summed E-state index contributed by atoms with van der Waals surface area (Å²) in [5, 5.41) is 5.14. The summed E-state index contributed by atoms with van der Waals surface area (Å²) in [7, 11) is 0. The molecule has 0 amide bonds. The van der Waals surface area contributed by atoms with E-state index < -0.39 is 0 Å². The van der Waals surface area contributed by atoms with Crippen molar-refractivity contribution in [2.75, 3.05) is 11.1 Å². The maximum atomic E-state index is 13.2. The Bertz CT molecular complexity index is 1040. The fourth-order valence-electron chi connectivity index (χ4n) is 3.42. The van der Waals surface area contributed by atoms with Crippen LogP contribution in [-0.4, -0.2) is 14.5 Å². The summed E-state index contributed by atoms with van der Waals surface area (Å²) in [6.07, 6.45) is 2.06. The number of nitrogens with zero attached hydrogens (tertiary/aromatic N) is 3. The summed E-state index contributed by atoms with van der Waals surface area (Å²) >= 11 is 5.89. The molecule has 1 aliphatic rings. The molecule has 4 rings (SSSR count). The Hall–Kier alpha value is -2.60. The molecule has 1 aliphatic carbocycles. The molecule has 0 radical (unpaired) electrons. The molecule has 1 fully saturated rings. The van der Waals surface area contributed by atoms with Gasteiger partial charge in [0.05, 0.1) is 11.4 Å². The van der Waals surface area contributed by atoms with Gasteiger partial charge in [-0.1, -0.05) is 18.2 Å². The first kappa shape index (κ1) is 16.8. The number of nitrogens with one attached hydrogen (secondary N) is 1. The Morgan fingerprint density at radius 3 is 2.77 bits per heavy atom. The van der Waals surface area contributed by atoms with Crippen LogP contribution in [0.15, 0.2) is 35.1 Å². The van der Waals surface area contributed by atoms with Crippen LogP contribution in [0.25, 0.3) is 10.8 Å². The number of pyridine rings is 1. The molecule has 2 heterocycles. The highest BCUT2D eigenvalue weighted by atomic mass is 35.5. The zero-order valence-electron chi connectivity index (χ0n) is 14.7. The summed E-state index contributed by atoms with van der Waals surface area (Å²) in [6.45, 7) is 3.98. The van der Waals surface area contributed by atoms with Crippen molar-refractivity contribution < 1.29 is 0 Å². The highest BCUT2D eigenvalue weighted by Crippen LogP contribution is 2.37. The molecule has 0 bridgehead atoms. The van der Waals surface area contributed by atoms with Crippen LogP contribution in [0.5, 0.6) is 0 Å². The number of hydrogen-bond donors (Lipinski definition) is 2. The molecule has 134 valence electrons. The normalized spacial score (nSPS) is 15.2. The van der Waals surface area contributed by atoms with Gasteiger partial charge in [-0.15, -0.1) is 0 Å². The van der Waals surface area contributed by atoms with Crippen molar-refractivity contribution in [1.82, 2.24) is 14.5 Å². The van der Waals surface area contributed by atoms with Crippen molar-refractivity contribution in [1.29, 1.82) is 0 Å². The van der Waals surface area contributed by atoms with Gasteiger partial charge in [0.15, 0.2) is 0 Å². The molecule has 0 aliphatic heterocycles. The second-order valence-electron chi connectivity index (χ2n) is 6.83. The van der Waals surface area contributed by atoms with Gasteiger partial charge in [0.2, 0.25) is 5.28 Å². The van der Waals surface area contributed by atoms with Crippen molar-refractivity contribution in [2.45, 2.75) is 38.8 Å². The number of halogens is 1. The number of aryl methyl sites for hydroxylation is 1. The summed E-state index contributed by atoms with van der Waals surface area (Å²) in [5.41, 5.74) is 7.76. The minimum absolute atomic E-state index is 0.0759. The number of rotatable bonds is 4. The molecule has 0 spiro atoms. The van der Waals surface area contributed by atoms with E-state index in [1.54, 1.807) is 6.07 Å². The van der Waals surface area contributed by atoms with Gasteiger partial charge in [0.25, 0.3) is 5.56 Å². The molecule has 2 aromatic heterocycles. The predicted molar refractivity (Wildman–Crippen MR) is 105 cm³/mol. The summed E-state index contributed by atoms with van der Waals surface area (Å²) in [6, 6.07) is 9.79. The van der Waals surface area contributed by atoms with Gasteiger partial charge < -0.3 is 15.6 Å². The largest absolute Gasteiger partial charge is 0.383 e. The van der Waals surface area contributed by atoms with Crippen molar-refractivity contribution in [3.8, 4) is 0 Å². The van der Waals surface area contributed by atoms with Crippen molar-refractivity contribution in [3.63, 3.8) is 0 Å². The predicted octanol–water partition coefficient (Wildman–Crippen LogP) is 3.84. The minimum Gasteiger partial charge on any atom is -0.383 e. The van der Waals surface area contributed by atoms with Gasteiger partial charge in [-0.05, 0) is 55.3 Å². The molecule has 3 aromatic rings. The zero-order chi connectivity index (χ0) is 18.4. The van der Waals surface area contributed by atoms with Gasteiger partial charge in [0, 0.05) is 17.8 Å². The number of benzene rings is 1. The third-order valence-electron chi connectivity index (χ3n) is 4.76. The number of hydrogen-bond acceptors (Lipinski definition) is 5. The van der Waals surface area contributed by atoms with Crippen LogP contribution in [-0.2, 0) is 0 Å². The van der Waals surface area contributed by atoms with E-state index in [0.29, 0.717) is 11.6 Å². The third-order valence-corrected chi connectivity index (χ3v) is 4.93.